The summed E-state index contributed by atoms with van der Waals surface area (Å²) in [6.07, 6.45) is 5.04. The average molecular weight is 264 g/mol. The maximum Gasteiger partial charge on any atom is 0.224 e. The van der Waals surface area contributed by atoms with E-state index in [4.69, 9.17) is 11.6 Å². The summed E-state index contributed by atoms with van der Waals surface area (Å²) in [4.78, 5) is 20.9. The lowest BCUT2D eigenvalue weighted by Crippen LogP contribution is -2.27. The van der Waals surface area contributed by atoms with E-state index in [9.17, 15) is 4.79 Å². The number of H-pyrrole nitrogens is 1. The first-order valence-electron chi connectivity index (χ1n) is 6.07. The minimum atomic E-state index is -0.0258. The van der Waals surface area contributed by atoms with Crippen LogP contribution in [0.1, 0.15) is 12.0 Å². The molecule has 94 valence electrons. The lowest BCUT2D eigenvalue weighted by molar-refractivity contribution is -0.127. The Hall–Kier alpha value is -1.55. The molecule has 1 aliphatic heterocycles. The summed E-state index contributed by atoms with van der Waals surface area (Å²) >= 11 is 5.98. The summed E-state index contributed by atoms with van der Waals surface area (Å²) in [7, 11) is 0. The van der Waals surface area contributed by atoms with E-state index in [2.05, 4.69) is 9.97 Å². The van der Waals surface area contributed by atoms with Crippen LogP contribution in [-0.2, 0) is 11.2 Å². The standard InChI is InChI=1S/C13H14ClN3O/c14-10-6-12(18)17(8-10)5-3-9-7-16-13-11(9)2-1-4-15-13/h1-2,4,7,10H,3,5-6,8H2,(H,15,16). The van der Waals surface area contributed by atoms with E-state index >= 15 is 0 Å². The Morgan fingerprint density at radius 3 is 3.22 bits per heavy atom. The Morgan fingerprint density at radius 2 is 2.44 bits per heavy atom. The summed E-state index contributed by atoms with van der Waals surface area (Å²) in [5, 5.41) is 1.11. The Kier molecular flexibility index (Phi) is 2.96. The van der Waals surface area contributed by atoms with Gasteiger partial charge in [0.25, 0.3) is 0 Å². The molecule has 18 heavy (non-hydrogen) atoms. The fourth-order valence-corrected chi connectivity index (χ4v) is 2.71. The van der Waals surface area contributed by atoms with Crippen molar-refractivity contribution in [2.75, 3.05) is 13.1 Å². The van der Waals surface area contributed by atoms with E-state index in [-0.39, 0.29) is 11.3 Å². The molecule has 3 rings (SSSR count). The van der Waals surface area contributed by atoms with Gasteiger partial charge in [0.05, 0.1) is 5.38 Å². The number of halogens is 1. The Labute approximate surface area is 110 Å². The van der Waals surface area contributed by atoms with Gasteiger partial charge in [-0.2, -0.15) is 0 Å². The minimum absolute atomic E-state index is 0.0258. The highest BCUT2D eigenvalue weighted by molar-refractivity contribution is 6.22. The number of alkyl halides is 1. The molecule has 1 saturated heterocycles. The normalized spacial score (nSPS) is 19.9. The Morgan fingerprint density at radius 1 is 1.56 bits per heavy atom. The summed E-state index contributed by atoms with van der Waals surface area (Å²) in [6, 6.07) is 3.97. The third-order valence-electron chi connectivity index (χ3n) is 3.36. The number of hydrogen-bond acceptors (Lipinski definition) is 2. The van der Waals surface area contributed by atoms with Gasteiger partial charge in [0.2, 0.25) is 5.91 Å². The van der Waals surface area contributed by atoms with Gasteiger partial charge >= 0.3 is 0 Å². The van der Waals surface area contributed by atoms with E-state index in [0.29, 0.717) is 13.0 Å². The molecule has 2 aromatic rings. The molecule has 3 heterocycles. The van der Waals surface area contributed by atoms with Crippen molar-refractivity contribution in [2.24, 2.45) is 0 Å². The van der Waals surface area contributed by atoms with Crippen LogP contribution in [0.2, 0.25) is 0 Å². The van der Waals surface area contributed by atoms with Crippen molar-refractivity contribution in [3.8, 4) is 0 Å². The van der Waals surface area contributed by atoms with E-state index in [1.807, 2.05) is 23.2 Å². The SMILES string of the molecule is O=C1CC(Cl)CN1CCc1c[nH]c2ncccc12. The van der Waals surface area contributed by atoms with Gasteiger partial charge in [-0.3, -0.25) is 4.79 Å². The molecule has 4 nitrogen and oxygen atoms in total. The van der Waals surface area contributed by atoms with E-state index in [1.165, 1.54) is 5.56 Å². The second-order valence-electron chi connectivity index (χ2n) is 4.60. The molecule has 1 unspecified atom stereocenters. The maximum absolute atomic E-state index is 11.6. The minimum Gasteiger partial charge on any atom is -0.346 e. The highest BCUT2D eigenvalue weighted by Gasteiger charge is 2.27. The lowest BCUT2D eigenvalue weighted by Gasteiger charge is -2.14. The van der Waals surface area contributed by atoms with Crippen LogP contribution in [-0.4, -0.2) is 39.2 Å². The predicted molar refractivity (Wildman–Crippen MR) is 70.6 cm³/mol. The number of rotatable bonds is 3. The van der Waals surface area contributed by atoms with Crippen molar-refractivity contribution in [1.82, 2.24) is 14.9 Å². The van der Waals surface area contributed by atoms with Gasteiger partial charge in [0.15, 0.2) is 0 Å². The number of amides is 1. The van der Waals surface area contributed by atoms with Crippen molar-refractivity contribution < 1.29 is 4.79 Å². The van der Waals surface area contributed by atoms with Crippen molar-refractivity contribution in [2.45, 2.75) is 18.2 Å². The van der Waals surface area contributed by atoms with Crippen molar-refractivity contribution in [3.05, 3.63) is 30.1 Å². The third kappa shape index (κ3) is 2.08. The zero-order chi connectivity index (χ0) is 12.5. The van der Waals surface area contributed by atoms with Crippen molar-refractivity contribution >= 4 is 28.5 Å². The third-order valence-corrected chi connectivity index (χ3v) is 3.65. The number of nitrogens with zero attached hydrogens (tertiary/aromatic N) is 2. The van der Waals surface area contributed by atoms with Crippen LogP contribution >= 0.6 is 11.6 Å². The number of nitrogens with one attached hydrogen (secondary N) is 1. The van der Waals surface area contributed by atoms with Crippen LogP contribution < -0.4 is 0 Å². The Balaban J connectivity index is 1.72. The number of pyridine rings is 1. The highest BCUT2D eigenvalue weighted by Crippen LogP contribution is 2.19. The molecular weight excluding hydrogens is 250 g/mol. The van der Waals surface area contributed by atoms with E-state index < -0.39 is 0 Å². The molecule has 0 aliphatic carbocycles. The monoisotopic (exact) mass is 263 g/mol. The quantitative estimate of drug-likeness (QED) is 0.861. The summed E-state index contributed by atoms with van der Waals surface area (Å²) < 4.78 is 0. The average Bonchev–Trinajstić information content (AvgIpc) is 2.90. The first kappa shape index (κ1) is 11.5. The summed E-state index contributed by atoms with van der Waals surface area (Å²) in [5.41, 5.74) is 2.10. The van der Waals surface area contributed by atoms with Gasteiger partial charge in [-0.15, -0.1) is 11.6 Å². The lowest BCUT2D eigenvalue weighted by atomic mass is 10.1. The molecule has 0 bridgehead atoms. The van der Waals surface area contributed by atoms with Crippen LogP contribution in [0.25, 0.3) is 11.0 Å². The first-order chi connectivity index (χ1) is 8.74. The fourth-order valence-electron chi connectivity index (χ4n) is 2.41. The van der Waals surface area contributed by atoms with Crippen molar-refractivity contribution in [1.29, 1.82) is 0 Å². The van der Waals surface area contributed by atoms with Crippen molar-refractivity contribution in [3.63, 3.8) is 0 Å². The van der Waals surface area contributed by atoms with Gasteiger partial charge in [0, 0.05) is 37.3 Å². The van der Waals surface area contributed by atoms with E-state index in [0.717, 1.165) is 24.0 Å². The number of aromatic nitrogens is 2. The summed E-state index contributed by atoms with van der Waals surface area (Å²) in [6.45, 7) is 1.39. The van der Waals surface area contributed by atoms with Crippen LogP contribution in [0.5, 0.6) is 0 Å². The van der Waals surface area contributed by atoms with Gasteiger partial charge in [-0.05, 0) is 24.1 Å². The molecule has 0 radical (unpaired) electrons. The summed E-state index contributed by atoms with van der Waals surface area (Å²) in [5.74, 6) is 0.160. The molecular formula is C13H14ClN3O. The second kappa shape index (κ2) is 4.61. The largest absolute Gasteiger partial charge is 0.346 e. The molecule has 1 amide bonds. The second-order valence-corrected chi connectivity index (χ2v) is 5.22. The molecule has 1 aliphatic rings. The predicted octanol–water partition coefficient (Wildman–Crippen LogP) is 1.95. The molecule has 0 aromatic carbocycles. The van der Waals surface area contributed by atoms with E-state index in [1.54, 1.807) is 6.20 Å². The zero-order valence-electron chi connectivity index (χ0n) is 9.90. The van der Waals surface area contributed by atoms with Crippen LogP contribution in [0.3, 0.4) is 0 Å². The van der Waals surface area contributed by atoms with Gasteiger partial charge in [-0.1, -0.05) is 0 Å². The molecule has 5 heteroatoms. The number of hydrogen-bond donors (Lipinski definition) is 1. The number of carbonyl (C=O) groups excluding carboxylic acids is 1. The molecule has 1 fully saturated rings. The molecule has 1 atom stereocenters. The Bertz CT molecular complexity index is 580. The van der Waals surface area contributed by atoms with Gasteiger partial charge < -0.3 is 9.88 Å². The molecule has 2 aromatic heterocycles. The zero-order valence-corrected chi connectivity index (χ0v) is 10.7. The first-order valence-corrected chi connectivity index (χ1v) is 6.50. The number of fused-ring (bicyclic) bond motifs is 1. The maximum atomic E-state index is 11.6. The highest BCUT2D eigenvalue weighted by atomic mass is 35.5. The fraction of sp³-hybridized carbons (Fsp3) is 0.385. The molecule has 0 saturated carbocycles. The smallest absolute Gasteiger partial charge is 0.224 e. The number of likely N-dealkylation sites (tertiary alicyclic amines) is 1. The van der Waals surface area contributed by atoms with Crippen LogP contribution in [0.4, 0.5) is 0 Å². The number of carbonyl (C=O) groups is 1. The number of aromatic amines is 1. The van der Waals surface area contributed by atoms with Gasteiger partial charge in [-0.25, -0.2) is 4.98 Å². The molecule has 0 spiro atoms. The molecule has 1 N–H and O–H groups in total. The topological polar surface area (TPSA) is 49.0 Å². The van der Waals surface area contributed by atoms with Crippen LogP contribution in [0.15, 0.2) is 24.5 Å². The van der Waals surface area contributed by atoms with Crippen LogP contribution in [0, 0.1) is 0 Å². The van der Waals surface area contributed by atoms with Gasteiger partial charge in [0.1, 0.15) is 5.65 Å².